The topological polar surface area (TPSA) is 54.5 Å². The third-order valence-corrected chi connectivity index (χ3v) is 3.97. The van der Waals surface area contributed by atoms with Gasteiger partial charge in [-0.05, 0) is 36.4 Å². The van der Waals surface area contributed by atoms with Gasteiger partial charge in [-0.2, -0.15) is 0 Å². The van der Waals surface area contributed by atoms with Crippen LogP contribution in [0.5, 0.6) is 0 Å². The maximum atomic E-state index is 12.3. The van der Waals surface area contributed by atoms with E-state index < -0.39 is 0 Å². The second kappa shape index (κ2) is 6.89. The minimum Gasteiger partial charge on any atom is -0.378 e. The van der Waals surface area contributed by atoms with Crippen LogP contribution < -0.4 is 10.2 Å². The van der Waals surface area contributed by atoms with Gasteiger partial charge in [0.25, 0.3) is 5.91 Å². The number of hydrogen-bond acceptors (Lipinski definition) is 4. The van der Waals surface area contributed by atoms with E-state index in [2.05, 4.69) is 31.1 Å². The normalized spacial score (nSPS) is 14.7. The van der Waals surface area contributed by atoms with Crippen molar-refractivity contribution in [3.05, 3.63) is 52.6 Å². The Balaban J connectivity index is 1.73. The minimum atomic E-state index is -0.140. The lowest BCUT2D eigenvalue weighted by Gasteiger charge is -2.27. The van der Waals surface area contributed by atoms with Crippen molar-refractivity contribution >= 4 is 33.3 Å². The van der Waals surface area contributed by atoms with Gasteiger partial charge in [-0.3, -0.25) is 4.79 Å². The van der Waals surface area contributed by atoms with Crippen LogP contribution in [-0.4, -0.2) is 37.2 Å². The van der Waals surface area contributed by atoms with E-state index in [0.717, 1.165) is 29.1 Å². The highest BCUT2D eigenvalue weighted by atomic mass is 79.9. The molecule has 2 aromatic rings. The number of ether oxygens (including phenoxy) is 1. The number of nitrogens with one attached hydrogen (secondary N) is 1. The summed E-state index contributed by atoms with van der Waals surface area (Å²) in [5, 5.41) is 2.88. The van der Waals surface area contributed by atoms with Crippen molar-refractivity contribution in [2.75, 3.05) is 36.5 Å². The summed E-state index contributed by atoms with van der Waals surface area (Å²) in [6.07, 6.45) is 1.67. The zero-order valence-electron chi connectivity index (χ0n) is 12.0. The van der Waals surface area contributed by atoms with Crippen molar-refractivity contribution in [1.82, 2.24) is 4.98 Å². The van der Waals surface area contributed by atoms with E-state index in [1.54, 1.807) is 12.3 Å². The Hall–Kier alpha value is -1.92. The average molecular weight is 362 g/mol. The summed E-state index contributed by atoms with van der Waals surface area (Å²) in [4.78, 5) is 18.8. The molecule has 1 aromatic carbocycles. The Bertz CT molecular complexity index is 655. The number of carbonyl (C=O) groups is 1. The molecule has 0 atom stereocenters. The van der Waals surface area contributed by atoms with Crippen LogP contribution in [0.4, 0.5) is 11.5 Å². The molecule has 6 heteroatoms. The predicted octanol–water partition coefficient (Wildman–Crippen LogP) is 2.93. The molecule has 0 radical (unpaired) electrons. The predicted molar refractivity (Wildman–Crippen MR) is 89.4 cm³/mol. The van der Waals surface area contributed by atoms with Gasteiger partial charge in [0.1, 0.15) is 5.82 Å². The largest absolute Gasteiger partial charge is 0.378 e. The molecule has 1 amide bonds. The fourth-order valence-electron chi connectivity index (χ4n) is 2.26. The molecule has 1 aliphatic heterocycles. The molecule has 1 saturated heterocycles. The third kappa shape index (κ3) is 3.64. The number of halogens is 1. The van der Waals surface area contributed by atoms with Crippen molar-refractivity contribution in [2.24, 2.45) is 0 Å². The fourth-order valence-corrected chi connectivity index (χ4v) is 2.53. The first-order valence-corrected chi connectivity index (χ1v) is 7.87. The number of nitrogens with zero attached hydrogens (tertiary/aromatic N) is 2. The zero-order valence-corrected chi connectivity index (χ0v) is 13.5. The summed E-state index contributed by atoms with van der Waals surface area (Å²) in [6, 6.07) is 11.0. The molecule has 0 saturated carbocycles. The van der Waals surface area contributed by atoms with E-state index >= 15 is 0 Å². The van der Waals surface area contributed by atoms with Crippen molar-refractivity contribution in [1.29, 1.82) is 0 Å². The van der Waals surface area contributed by atoms with E-state index in [9.17, 15) is 4.79 Å². The fraction of sp³-hybridized carbons (Fsp3) is 0.250. The van der Waals surface area contributed by atoms with Gasteiger partial charge in [-0.25, -0.2) is 4.98 Å². The molecule has 0 aliphatic carbocycles. The maximum absolute atomic E-state index is 12.3. The molecule has 2 heterocycles. The lowest BCUT2D eigenvalue weighted by molar-refractivity contribution is 0.102. The quantitative estimate of drug-likeness (QED) is 0.912. The standard InChI is InChI=1S/C16H16BrN3O2/c17-13-1-3-14(4-2-13)19-16(21)12-5-6-18-15(11-12)20-7-9-22-10-8-20/h1-6,11H,7-10H2,(H,19,21). The van der Waals surface area contributed by atoms with Crippen LogP contribution >= 0.6 is 15.9 Å². The van der Waals surface area contributed by atoms with E-state index in [0.29, 0.717) is 18.8 Å². The smallest absolute Gasteiger partial charge is 0.255 e. The summed E-state index contributed by atoms with van der Waals surface area (Å²) in [5.41, 5.74) is 1.36. The Kier molecular flexibility index (Phi) is 4.70. The van der Waals surface area contributed by atoms with Gasteiger partial charge in [-0.1, -0.05) is 15.9 Å². The van der Waals surface area contributed by atoms with Crippen molar-refractivity contribution in [2.45, 2.75) is 0 Å². The van der Waals surface area contributed by atoms with Crippen molar-refractivity contribution in [3.8, 4) is 0 Å². The number of carbonyl (C=O) groups excluding carboxylic acids is 1. The molecule has 22 heavy (non-hydrogen) atoms. The van der Waals surface area contributed by atoms with E-state index in [1.165, 1.54) is 0 Å². The summed E-state index contributed by atoms with van der Waals surface area (Å²) in [7, 11) is 0. The second-order valence-electron chi connectivity index (χ2n) is 4.96. The summed E-state index contributed by atoms with van der Waals surface area (Å²) < 4.78 is 6.31. The molecule has 1 fully saturated rings. The van der Waals surface area contributed by atoms with E-state index in [1.807, 2.05) is 30.3 Å². The number of hydrogen-bond donors (Lipinski definition) is 1. The molecule has 1 N–H and O–H groups in total. The molecule has 114 valence electrons. The summed E-state index contributed by atoms with van der Waals surface area (Å²) in [5.74, 6) is 0.672. The second-order valence-corrected chi connectivity index (χ2v) is 5.88. The number of amides is 1. The molecular weight excluding hydrogens is 346 g/mol. The number of rotatable bonds is 3. The van der Waals surface area contributed by atoms with Crippen molar-refractivity contribution < 1.29 is 9.53 Å². The van der Waals surface area contributed by atoms with Crippen LogP contribution in [0.15, 0.2) is 47.1 Å². The minimum absolute atomic E-state index is 0.140. The highest BCUT2D eigenvalue weighted by Gasteiger charge is 2.14. The Morgan fingerprint density at radius 1 is 1.18 bits per heavy atom. The summed E-state index contributed by atoms with van der Waals surface area (Å²) in [6.45, 7) is 2.98. The van der Waals surface area contributed by atoms with Gasteiger partial charge in [0.15, 0.2) is 0 Å². The molecule has 5 nitrogen and oxygen atoms in total. The van der Waals surface area contributed by atoms with Gasteiger partial charge >= 0.3 is 0 Å². The van der Waals surface area contributed by atoms with Gasteiger partial charge in [0.2, 0.25) is 0 Å². The molecule has 0 unspecified atom stereocenters. The Labute approximate surface area is 137 Å². The highest BCUT2D eigenvalue weighted by molar-refractivity contribution is 9.10. The Morgan fingerprint density at radius 3 is 2.64 bits per heavy atom. The molecule has 0 bridgehead atoms. The van der Waals surface area contributed by atoms with Crippen LogP contribution in [0, 0.1) is 0 Å². The van der Waals surface area contributed by atoms with Crippen LogP contribution in [0.1, 0.15) is 10.4 Å². The SMILES string of the molecule is O=C(Nc1ccc(Br)cc1)c1ccnc(N2CCOCC2)c1. The molecule has 1 aromatic heterocycles. The molecule has 3 rings (SSSR count). The van der Waals surface area contributed by atoms with Gasteiger partial charge in [0.05, 0.1) is 13.2 Å². The van der Waals surface area contributed by atoms with Crippen LogP contribution in [0.2, 0.25) is 0 Å². The van der Waals surface area contributed by atoms with E-state index in [4.69, 9.17) is 4.74 Å². The van der Waals surface area contributed by atoms with Gasteiger partial charge < -0.3 is 15.0 Å². The van der Waals surface area contributed by atoms with Crippen LogP contribution in [0.25, 0.3) is 0 Å². The number of benzene rings is 1. The zero-order chi connectivity index (χ0) is 15.4. The van der Waals surface area contributed by atoms with Gasteiger partial charge in [-0.15, -0.1) is 0 Å². The van der Waals surface area contributed by atoms with Crippen LogP contribution in [0.3, 0.4) is 0 Å². The number of morpholine rings is 1. The molecular formula is C16H16BrN3O2. The van der Waals surface area contributed by atoms with Crippen LogP contribution in [-0.2, 0) is 4.74 Å². The first-order valence-electron chi connectivity index (χ1n) is 7.08. The molecule has 1 aliphatic rings. The first-order chi connectivity index (χ1) is 10.7. The number of anilines is 2. The monoisotopic (exact) mass is 361 g/mol. The molecule has 0 spiro atoms. The number of aromatic nitrogens is 1. The number of pyridine rings is 1. The average Bonchev–Trinajstić information content (AvgIpc) is 2.58. The Morgan fingerprint density at radius 2 is 1.91 bits per heavy atom. The first kappa shape index (κ1) is 15.0. The lowest BCUT2D eigenvalue weighted by Crippen LogP contribution is -2.36. The van der Waals surface area contributed by atoms with Gasteiger partial charge in [0, 0.05) is 35.0 Å². The highest BCUT2D eigenvalue weighted by Crippen LogP contribution is 2.17. The maximum Gasteiger partial charge on any atom is 0.255 e. The van der Waals surface area contributed by atoms with Crippen molar-refractivity contribution in [3.63, 3.8) is 0 Å². The van der Waals surface area contributed by atoms with E-state index in [-0.39, 0.29) is 5.91 Å². The summed E-state index contributed by atoms with van der Waals surface area (Å²) >= 11 is 3.37. The lowest BCUT2D eigenvalue weighted by atomic mass is 10.2. The third-order valence-electron chi connectivity index (χ3n) is 3.44.